The first-order valence-corrected chi connectivity index (χ1v) is 6.95. The normalized spacial score (nSPS) is 11.7. The van der Waals surface area contributed by atoms with Crippen LogP contribution < -0.4 is 0 Å². The van der Waals surface area contributed by atoms with Crippen LogP contribution in [0.15, 0.2) is 42.0 Å². The Balaban J connectivity index is 3.24. The van der Waals surface area contributed by atoms with Crippen LogP contribution in [-0.2, 0) is 4.79 Å². The number of Topliss-reactive ketones (excluding diaryl/α,β-unsaturated/α-hetero) is 1. The van der Waals surface area contributed by atoms with Gasteiger partial charge in [-0.05, 0) is 6.42 Å². The van der Waals surface area contributed by atoms with Gasteiger partial charge in [-0.3, -0.25) is 9.59 Å². The van der Waals surface area contributed by atoms with Crippen molar-refractivity contribution in [3.8, 4) is 0 Å². The highest BCUT2D eigenvalue weighted by Crippen LogP contribution is 2.27. The average Bonchev–Trinajstić information content (AvgIpc) is 2.52. The van der Waals surface area contributed by atoms with E-state index < -0.39 is 29.0 Å². The molecule has 0 spiro atoms. The molecule has 0 unspecified atom stereocenters. The van der Waals surface area contributed by atoms with E-state index in [2.05, 4.69) is 4.79 Å². The van der Waals surface area contributed by atoms with E-state index in [4.69, 9.17) is 5.53 Å². The number of unbranched alkanes of at least 4 members (excludes halogenated alkanes) is 1. The molecule has 1 aromatic rings. The predicted octanol–water partition coefficient (Wildman–Crippen LogP) is 3.79. The molecule has 4 nitrogen and oxygen atoms in total. The summed E-state index contributed by atoms with van der Waals surface area (Å²) in [6, 6.07) is 7.31. The lowest BCUT2D eigenvalue weighted by molar-refractivity contribution is -0.120. The van der Waals surface area contributed by atoms with Gasteiger partial charge in [-0.2, -0.15) is 18.0 Å². The van der Waals surface area contributed by atoms with Crippen LogP contribution in [0, 0.1) is 0 Å². The average molecular weight is 324 g/mol. The zero-order valence-corrected chi connectivity index (χ0v) is 12.4. The van der Waals surface area contributed by atoms with Gasteiger partial charge in [0.05, 0.1) is 0 Å². The molecule has 122 valence electrons. The summed E-state index contributed by atoms with van der Waals surface area (Å²) in [5.74, 6) is -1.89. The Morgan fingerprint density at radius 3 is 2.30 bits per heavy atom. The lowest BCUT2D eigenvalue weighted by Gasteiger charge is -2.07. The molecule has 0 saturated carbocycles. The van der Waals surface area contributed by atoms with Crippen LogP contribution in [0.3, 0.4) is 0 Å². The third-order valence-electron chi connectivity index (χ3n) is 3.02. The Bertz CT molecular complexity index is 658. The Hall–Kier alpha value is -2.53. The fraction of sp³-hybridized carbons (Fsp3) is 0.312. The maximum atomic E-state index is 13.2. The second-order valence-electron chi connectivity index (χ2n) is 4.76. The number of allylic oxidation sites excluding steroid dienone is 2. The van der Waals surface area contributed by atoms with Gasteiger partial charge in [-0.25, -0.2) is 0 Å². The quantitative estimate of drug-likeness (QED) is 0.252. The number of carbonyl (C=O) groups excluding carboxylic acids is 2. The summed E-state index contributed by atoms with van der Waals surface area (Å²) in [6.07, 6.45) is -3.95. The molecule has 0 heterocycles. The standard InChI is InChI=1S/C16H15F3N2O2/c1-2-3-9-13(22)15(21-20)12(16(17,18)19)10-14(23)11-7-5-4-6-8-11/h4-8,10H,2-3,9H2,1H3/b12-10+. The number of hydrogen-bond donors (Lipinski definition) is 0. The molecule has 23 heavy (non-hydrogen) atoms. The molecule has 0 fully saturated rings. The minimum absolute atomic E-state index is 0.0348. The van der Waals surface area contributed by atoms with Crippen molar-refractivity contribution in [2.45, 2.75) is 32.4 Å². The first-order valence-electron chi connectivity index (χ1n) is 6.95. The number of alkyl halides is 3. The van der Waals surface area contributed by atoms with Crippen molar-refractivity contribution >= 4 is 17.3 Å². The minimum atomic E-state index is -4.99. The van der Waals surface area contributed by atoms with E-state index in [1.807, 2.05) is 0 Å². The molecule has 0 aliphatic carbocycles. The first kappa shape index (κ1) is 18.5. The van der Waals surface area contributed by atoms with E-state index in [1.165, 1.54) is 24.3 Å². The molecule has 0 N–H and O–H groups in total. The lowest BCUT2D eigenvalue weighted by atomic mass is 9.99. The summed E-state index contributed by atoms with van der Waals surface area (Å²) in [7, 11) is 0. The third-order valence-corrected chi connectivity index (χ3v) is 3.02. The molecule has 0 bridgehead atoms. The summed E-state index contributed by atoms with van der Waals surface area (Å²) in [5.41, 5.74) is 6.17. The Morgan fingerprint density at radius 1 is 1.22 bits per heavy atom. The topological polar surface area (TPSA) is 70.5 Å². The molecule has 7 heteroatoms. The van der Waals surface area contributed by atoms with Gasteiger partial charge in [-0.1, -0.05) is 43.7 Å². The van der Waals surface area contributed by atoms with Gasteiger partial charge in [0.2, 0.25) is 5.78 Å². The smallest absolute Gasteiger partial charge is 0.361 e. The van der Waals surface area contributed by atoms with Gasteiger partial charge >= 0.3 is 11.9 Å². The van der Waals surface area contributed by atoms with Crippen LogP contribution in [-0.4, -0.2) is 28.2 Å². The van der Waals surface area contributed by atoms with E-state index in [0.717, 1.165) is 0 Å². The van der Waals surface area contributed by atoms with Crippen molar-refractivity contribution in [1.82, 2.24) is 0 Å². The number of rotatable bonds is 7. The van der Waals surface area contributed by atoms with Crippen molar-refractivity contribution in [3.05, 3.63) is 53.1 Å². The fourth-order valence-electron chi connectivity index (χ4n) is 1.82. The number of hydrogen-bond acceptors (Lipinski definition) is 2. The highest BCUT2D eigenvalue weighted by Gasteiger charge is 2.45. The van der Waals surface area contributed by atoms with Crippen molar-refractivity contribution in [2.24, 2.45) is 0 Å². The second kappa shape index (κ2) is 8.19. The van der Waals surface area contributed by atoms with Crippen LogP contribution in [0.1, 0.15) is 36.5 Å². The lowest BCUT2D eigenvalue weighted by Crippen LogP contribution is -2.28. The fourth-order valence-corrected chi connectivity index (χ4v) is 1.82. The van der Waals surface area contributed by atoms with Crippen molar-refractivity contribution in [3.63, 3.8) is 0 Å². The summed E-state index contributed by atoms with van der Waals surface area (Å²) < 4.78 is 39.5. The SMILES string of the molecule is CCCCC(=O)C(=[N+]=[N-])/C(=C\C(=O)c1ccccc1)C(F)(F)F. The van der Waals surface area contributed by atoms with Crippen molar-refractivity contribution in [1.29, 1.82) is 0 Å². The van der Waals surface area contributed by atoms with E-state index in [1.54, 1.807) is 13.0 Å². The second-order valence-corrected chi connectivity index (χ2v) is 4.76. The molecular formula is C16H15F3N2O2. The van der Waals surface area contributed by atoms with Crippen molar-refractivity contribution in [2.75, 3.05) is 0 Å². The van der Waals surface area contributed by atoms with E-state index >= 15 is 0 Å². The molecule has 1 aromatic carbocycles. The zero-order chi connectivity index (χ0) is 17.5. The van der Waals surface area contributed by atoms with E-state index in [0.29, 0.717) is 12.8 Å². The van der Waals surface area contributed by atoms with Gasteiger partial charge in [0.1, 0.15) is 0 Å². The first-order chi connectivity index (χ1) is 10.8. The molecule has 0 amide bonds. The molecule has 0 saturated heterocycles. The number of nitrogens with zero attached hydrogens (tertiary/aromatic N) is 2. The van der Waals surface area contributed by atoms with Crippen LogP contribution in [0.4, 0.5) is 13.2 Å². The molecule has 0 radical (unpaired) electrons. The molecule has 0 aromatic heterocycles. The van der Waals surface area contributed by atoms with Crippen LogP contribution in [0.25, 0.3) is 5.53 Å². The summed E-state index contributed by atoms with van der Waals surface area (Å²) in [4.78, 5) is 26.2. The zero-order valence-electron chi connectivity index (χ0n) is 12.4. The minimum Gasteiger partial charge on any atom is -0.361 e. The molecular weight excluding hydrogens is 309 g/mol. The monoisotopic (exact) mass is 324 g/mol. The van der Waals surface area contributed by atoms with E-state index in [9.17, 15) is 22.8 Å². The van der Waals surface area contributed by atoms with Crippen LogP contribution >= 0.6 is 0 Å². The van der Waals surface area contributed by atoms with Crippen LogP contribution in [0.5, 0.6) is 0 Å². The maximum Gasteiger partial charge on any atom is 0.424 e. The van der Waals surface area contributed by atoms with Gasteiger partial charge in [0, 0.05) is 18.1 Å². The highest BCUT2D eigenvalue weighted by atomic mass is 19.4. The number of benzene rings is 1. The molecule has 0 atom stereocenters. The Labute approximate surface area is 131 Å². The largest absolute Gasteiger partial charge is 0.424 e. The van der Waals surface area contributed by atoms with Crippen LogP contribution in [0.2, 0.25) is 0 Å². The van der Waals surface area contributed by atoms with Crippen molar-refractivity contribution < 1.29 is 27.6 Å². The third kappa shape index (κ3) is 5.30. The Kier molecular flexibility index (Phi) is 6.60. The van der Waals surface area contributed by atoms with Gasteiger partial charge in [0.25, 0.3) is 0 Å². The summed E-state index contributed by atoms with van der Waals surface area (Å²) >= 11 is 0. The number of ketones is 2. The molecule has 1 rings (SSSR count). The highest BCUT2D eigenvalue weighted by molar-refractivity contribution is 6.44. The van der Waals surface area contributed by atoms with E-state index in [-0.39, 0.29) is 18.1 Å². The maximum absolute atomic E-state index is 13.2. The van der Waals surface area contributed by atoms with Gasteiger partial charge in [-0.15, -0.1) is 0 Å². The van der Waals surface area contributed by atoms with Gasteiger partial charge in [0.15, 0.2) is 11.4 Å². The number of carbonyl (C=O) groups is 2. The van der Waals surface area contributed by atoms with Gasteiger partial charge < -0.3 is 5.53 Å². The molecule has 0 aliphatic heterocycles. The Morgan fingerprint density at radius 2 is 1.83 bits per heavy atom. The predicted molar refractivity (Wildman–Crippen MR) is 78.1 cm³/mol. The summed E-state index contributed by atoms with van der Waals surface area (Å²) in [6.45, 7) is 1.77. The number of halogens is 3. The molecule has 0 aliphatic rings. The summed E-state index contributed by atoms with van der Waals surface area (Å²) in [5, 5.41) is 0.